The SMILES string of the molecule is CNC1CCN(C2(C(C)C)CC2)C1. The van der Waals surface area contributed by atoms with Crippen LogP contribution in [0.15, 0.2) is 0 Å². The van der Waals surface area contributed by atoms with Gasteiger partial charge in [0.15, 0.2) is 0 Å². The molecule has 13 heavy (non-hydrogen) atoms. The second-order valence-corrected chi connectivity index (χ2v) is 4.98. The first-order valence-corrected chi connectivity index (χ1v) is 5.61. The maximum atomic E-state index is 3.39. The maximum absolute atomic E-state index is 3.39. The van der Waals surface area contributed by atoms with Crippen LogP contribution in [0.5, 0.6) is 0 Å². The largest absolute Gasteiger partial charge is 0.316 e. The van der Waals surface area contributed by atoms with E-state index in [2.05, 4.69) is 31.1 Å². The third-order valence-corrected chi connectivity index (χ3v) is 4.06. The van der Waals surface area contributed by atoms with Crippen molar-refractivity contribution in [2.75, 3.05) is 20.1 Å². The summed E-state index contributed by atoms with van der Waals surface area (Å²) >= 11 is 0. The summed E-state index contributed by atoms with van der Waals surface area (Å²) in [5.74, 6) is 0.836. The molecule has 0 spiro atoms. The van der Waals surface area contributed by atoms with Crippen LogP contribution in [0, 0.1) is 5.92 Å². The molecule has 0 amide bonds. The summed E-state index contributed by atoms with van der Waals surface area (Å²) < 4.78 is 0. The van der Waals surface area contributed by atoms with E-state index in [1.54, 1.807) is 0 Å². The third-order valence-electron chi connectivity index (χ3n) is 4.06. The molecule has 0 aromatic heterocycles. The smallest absolute Gasteiger partial charge is 0.0234 e. The molecule has 1 saturated carbocycles. The molecular formula is C11H22N2. The molecule has 2 fully saturated rings. The van der Waals surface area contributed by atoms with Crippen molar-refractivity contribution in [1.29, 1.82) is 0 Å². The second kappa shape index (κ2) is 3.25. The van der Waals surface area contributed by atoms with E-state index >= 15 is 0 Å². The van der Waals surface area contributed by atoms with E-state index in [1.807, 2.05) is 0 Å². The lowest BCUT2D eigenvalue weighted by Crippen LogP contribution is -2.41. The van der Waals surface area contributed by atoms with Gasteiger partial charge in [0.1, 0.15) is 0 Å². The topological polar surface area (TPSA) is 15.3 Å². The highest BCUT2D eigenvalue weighted by Crippen LogP contribution is 2.48. The van der Waals surface area contributed by atoms with Gasteiger partial charge < -0.3 is 5.32 Å². The molecule has 0 aromatic carbocycles. The Kier molecular flexibility index (Phi) is 2.37. The Hall–Kier alpha value is -0.0800. The minimum Gasteiger partial charge on any atom is -0.316 e. The van der Waals surface area contributed by atoms with Crippen molar-refractivity contribution in [3.05, 3.63) is 0 Å². The van der Waals surface area contributed by atoms with Gasteiger partial charge in [0.2, 0.25) is 0 Å². The number of rotatable bonds is 3. The highest BCUT2D eigenvalue weighted by atomic mass is 15.3. The molecule has 76 valence electrons. The fraction of sp³-hybridized carbons (Fsp3) is 1.00. The van der Waals surface area contributed by atoms with Gasteiger partial charge >= 0.3 is 0 Å². The lowest BCUT2D eigenvalue weighted by molar-refractivity contribution is 0.165. The Balaban J connectivity index is 1.95. The Morgan fingerprint density at radius 1 is 1.38 bits per heavy atom. The molecule has 2 heteroatoms. The van der Waals surface area contributed by atoms with Gasteiger partial charge in [0.25, 0.3) is 0 Å². The van der Waals surface area contributed by atoms with Crippen LogP contribution in [-0.4, -0.2) is 36.6 Å². The predicted octanol–water partition coefficient (Wildman–Crippen LogP) is 1.47. The number of hydrogen-bond acceptors (Lipinski definition) is 2. The van der Waals surface area contributed by atoms with Crippen LogP contribution in [-0.2, 0) is 0 Å². The number of nitrogens with zero attached hydrogens (tertiary/aromatic N) is 1. The van der Waals surface area contributed by atoms with E-state index in [0.717, 1.165) is 12.0 Å². The van der Waals surface area contributed by atoms with Crippen molar-refractivity contribution in [2.45, 2.75) is 44.7 Å². The van der Waals surface area contributed by atoms with Crippen LogP contribution in [0.3, 0.4) is 0 Å². The van der Waals surface area contributed by atoms with Crippen LogP contribution in [0.4, 0.5) is 0 Å². The Bertz CT molecular complexity index is 185. The highest BCUT2D eigenvalue weighted by Gasteiger charge is 2.51. The molecule has 0 aromatic rings. The molecular weight excluding hydrogens is 160 g/mol. The van der Waals surface area contributed by atoms with Gasteiger partial charge in [0, 0.05) is 24.7 Å². The number of likely N-dealkylation sites (N-methyl/N-ethyl adjacent to an activating group) is 1. The molecule has 1 unspecified atom stereocenters. The summed E-state index contributed by atoms with van der Waals surface area (Å²) in [7, 11) is 2.09. The molecule has 1 atom stereocenters. The molecule has 1 N–H and O–H groups in total. The molecule has 0 radical (unpaired) electrons. The lowest BCUT2D eigenvalue weighted by atomic mass is 10.0. The van der Waals surface area contributed by atoms with Gasteiger partial charge in [-0.15, -0.1) is 0 Å². The first kappa shape index (κ1) is 9.47. The van der Waals surface area contributed by atoms with E-state index in [4.69, 9.17) is 0 Å². The molecule has 1 saturated heterocycles. The van der Waals surface area contributed by atoms with Gasteiger partial charge in [-0.25, -0.2) is 0 Å². The van der Waals surface area contributed by atoms with Gasteiger partial charge in [-0.3, -0.25) is 4.90 Å². The van der Waals surface area contributed by atoms with Crippen LogP contribution in [0.2, 0.25) is 0 Å². The summed E-state index contributed by atoms with van der Waals surface area (Å²) in [6.45, 7) is 7.33. The summed E-state index contributed by atoms with van der Waals surface area (Å²) in [6.07, 6.45) is 4.20. The zero-order chi connectivity index (χ0) is 9.47. The van der Waals surface area contributed by atoms with Gasteiger partial charge in [0.05, 0.1) is 0 Å². The number of likely N-dealkylation sites (tertiary alicyclic amines) is 1. The van der Waals surface area contributed by atoms with E-state index in [-0.39, 0.29) is 0 Å². The average molecular weight is 182 g/mol. The first-order valence-electron chi connectivity index (χ1n) is 5.61. The van der Waals surface area contributed by atoms with Crippen LogP contribution in [0.25, 0.3) is 0 Å². The summed E-state index contributed by atoms with van der Waals surface area (Å²) in [4.78, 5) is 2.72. The Labute approximate surface area is 81.7 Å². The second-order valence-electron chi connectivity index (χ2n) is 4.98. The third kappa shape index (κ3) is 1.50. The van der Waals surface area contributed by atoms with Gasteiger partial charge in [-0.2, -0.15) is 0 Å². The van der Waals surface area contributed by atoms with Crippen LogP contribution >= 0.6 is 0 Å². The highest BCUT2D eigenvalue weighted by molar-refractivity contribution is 5.08. The fourth-order valence-electron chi connectivity index (χ4n) is 2.79. The fourth-order valence-corrected chi connectivity index (χ4v) is 2.79. The summed E-state index contributed by atoms with van der Waals surface area (Å²) in [6, 6.07) is 0.747. The molecule has 2 nitrogen and oxygen atoms in total. The summed E-state index contributed by atoms with van der Waals surface area (Å²) in [5.41, 5.74) is 0.603. The van der Waals surface area contributed by atoms with Crippen molar-refractivity contribution in [1.82, 2.24) is 10.2 Å². The van der Waals surface area contributed by atoms with Gasteiger partial charge in [-0.1, -0.05) is 13.8 Å². The summed E-state index contributed by atoms with van der Waals surface area (Å²) in [5, 5.41) is 3.39. The zero-order valence-corrected chi connectivity index (χ0v) is 9.14. The quantitative estimate of drug-likeness (QED) is 0.711. The number of nitrogens with one attached hydrogen (secondary N) is 1. The predicted molar refractivity (Wildman–Crippen MR) is 55.8 cm³/mol. The van der Waals surface area contributed by atoms with E-state index < -0.39 is 0 Å². The monoisotopic (exact) mass is 182 g/mol. The normalized spacial score (nSPS) is 32.8. The van der Waals surface area contributed by atoms with Crippen molar-refractivity contribution >= 4 is 0 Å². The van der Waals surface area contributed by atoms with Crippen molar-refractivity contribution in [3.63, 3.8) is 0 Å². The van der Waals surface area contributed by atoms with E-state index in [1.165, 1.54) is 32.4 Å². The lowest BCUT2D eigenvalue weighted by Gasteiger charge is -2.31. The van der Waals surface area contributed by atoms with E-state index in [9.17, 15) is 0 Å². The Morgan fingerprint density at radius 3 is 2.46 bits per heavy atom. The van der Waals surface area contributed by atoms with Crippen LogP contribution in [0.1, 0.15) is 33.1 Å². The van der Waals surface area contributed by atoms with Crippen molar-refractivity contribution < 1.29 is 0 Å². The number of hydrogen-bond donors (Lipinski definition) is 1. The molecule has 1 heterocycles. The van der Waals surface area contributed by atoms with E-state index in [0.29, 0.717) is 5.54 Å². The zero-order valence-electron chi connectivity index (χ0n) is 9.14. The Morgan fingerprint density at radius 2 is 2.08 bits per heavy atom. The van der Waals surface area contributed by atoms with Crippen LogP contribution < -0.4 is 5.32 Å². The standard InChI is InChI=1S/C11H22N2/c1-9(2)11(5-6-11)13-7-4-10(8-13)12-3/h9-10,12H,4-8H2,1-3H3. The average Bonchev–Trinajstić information content (AvgIpc) is 2.79. The van der Waals surface area contributed by atoms with Gasteiger partial charge in [-0.05, 0) is 32.2 Å². The van der Waals surface area contributed by atoms with Crippen molar-refractivity contribution in [2.24, 2.45) is 5.92 Å². The minimum absolute atomic E-state index is 0.603. The molecule has 1 aliphatic heterocycles. The molecule has 0 bridgehead atoms. The molecule has 1 aliphatic carbocycles. The molecule has 2 rings (SSSR count). The molecule has 2 aliphatic rings. The first-order chi connectivity index (χ1) is 6.19. The minimum atomic E-state index is 0.603. The maximum Gasteiger partial charge on any atom is 0.0234 e. The van der Waals surface area contributed by atoms with Crippen molar-refractivity contribution in [3.8, 4) is 0 Å².